The second-order valence-corrected chi connectivity index (χ2v) is 9.97. The minimum absolute atomic E-state index is 0.0385. The Morgan fingerprint density at radius 1 is 1.03 bits per heavy atom. The maximum atomic E-state index is 13.2. The van der Waals surface area contributed by atoms with Gasteiger partial charge < -0.3 is 10.1 Å². The second kappa shape index (κ2) is 11.4. The first-order chi connectivity index (χ1) is 15.8. The molecule has 0 radical (unpaired) electrons. The number of ether oxygens (including phenoxy) is 1. The van der Waals surface area contributed by atoms with Crippen molar-refractivity contribution in [3.63, 3.8) is 0 Å². The molecule has 33 heavy (non-hydrogen) atoms. The van der Waals surface area contributed by atoms with Crippen molar-refractivity contribution in [2.45, 2.75) is 37.8 Å². The first kappa shape index (κ1) is 24.9. The van der Waals surface area contributed by atoms with Gasteiger partial charge in [0.25, 0.3) is 5.91 Å². The van der Waals surface area contributed by atoms with Gasteiger partial charge in [-0.2, -0.15) is 4.31 Å². The number of piperazine rings is 1. The van der Waals surface area contributed by atoms with Gasteiger partial charge in [-0.1, -0.05) is 43.3 Å². The average Bonchev–Trinajstić information content (AvgIpc) is 2.83. The molecule has 1 aliphatic heterocycles. The molecule has 1 amide bonds. The van der Waals surface area contributed by atoms with Crippen molar-refractivity contribution in [1.29, 1.82) is 0 Å². The largest absolute Gasteiger partial charge is 0.449 e. The minimum Gasteiger partial charge on any atom is -0.449 e. The first-order valence-corrected chi connectivity index (χ1v) is 12.6. The number of esters is 1. The van der Waals surface area contributed by atoms with Crippen molar-refractivity contribution in [2.75, 3.05) is 32.7 Å². The number of nitrogens with one attached hydrogen (secondary N) is 1. The molecule has 0 saturated carbocycles. The number of hydrogen-bond acceptors (Lipinski definition) is 6. The van der Waals surface area contributed by atoms with Crippen LogP contribution in [0.15, 0.2) is 59.5 Å². The zero-order chi connectivity index (χ0) is 23.8. The zero-order valence-corrected chi connectivity index (χ0v) is 19.9. The Bertz CT molecular complexity index is 1050. The van der Waals surface area contributed by atoms with Crippen LogP contribution in [0.1, 0.15) is 36.2 Å². The molecule has 1 atom stereocenters. The summed E-state index contributed by atoms with van der Waals surface area (Å²) in [6, 6.07) is 15.8. The third kappa shape index (κ3) is 6.63. The summed E-state index contributed by atoms with van der Waals surface area (Å²) in [5.41, 5.74) is 1.28. The van der Waals surface area contributed by atoms with Gasteiger partial charge in [-0.05, 0) is 37.1 Å². The highest BCUT2D eigenvalue weighted by Crippen LogP contribution is 2.20. The highest BCUT2D eigenvalue weighted by atomic mass is 32.2. The van der Waals surface area contributed by atoms with Gasteiger partial charge >= 0.3 is 5.97 Å². The normalized spacial score (nSPS) is 16.2. The van der Waals surface area contributed by atoms with E-state index in [0.29, 0.717) is 32.7 Å². The van der Waals surface area contributed by atoms with E-state index < -0.39 is 22.1 Å². The summed E-state index contributed by atoms with van der Waals surface area (Å²) in [4.78, 5) is 26.7. The fourth-order valence-electron chi connectivity index (χ4n) is 3.58. The summed E-state index contributed by atoms with van der Waals surface area (Å²) in [5, 5.41) is 2.66. The number of nitrogens with zero attached hydrogens (tertiary/aromatic N) is 2. The van der Waals surface area contributed by atoms with Crippen LogP contribution < -0.4 is 5.32 Å². The van der Waals surface area contributed by atoms with E-state index in [0.717, 1.165) is 13.0 Å². The van der Waals surface area contributed by atoms with Crippen LogP contribution >= 0.6 is 0 Å². The van der Waals surface area contributed by atoms with Gasteiger partial charge in [0.05, 0.1) is 10.5 Å². The molecule has 1 N–H and O–H groups in total. The van der Waals surface area contributed by atoms with E-state index >= 15 is 0 Å². The molecule has 0 bridgehead atoms. The molecule has 8 nitrogen and oxygen atoms in total. The number of carbonyl (C=O) groups excluding carboxylic acids is 2. The van der Waals surface area contributed by atoms with Crippen LogP contribution in [0.5, 0.6) is 0 Å². The van der Waals surface area contributed by atoms with Crippen molar-refractivity contribution in [3.05, 3.63) is 65.7 Å². The molecular formula is C24H31N3O5S. The predicted molar refractivity (Wildman–Crippen MR) is 125 cm³/mol. The molecule has 2 aromatic carbocycles. The molecule has 0 spiro atoms. The molecule has 3 rings (SSSR count). The number of rotatable bonds is 9. The summed E-state index contributed by atoms with van der Waals surface area (Å²) in [5.74, 6) is -1.12. The highest BCUT2D eigenvalue weighted by molar-refractivity contribution is 7.89. The number of benzene rings is 2. The summed E-state index contributed by atoms with van der Waals surface area (Å²) in [6.45, 7) is 6.68. The number of hydrogen-bond donors (Lipinski definition) is 1. The van der Waals surface area contributed by atoms with Crippen LogP contribution in [0.25, 0.3) is 0 Å². The Hall–Kier alpha value is -2.75. The minimum atomic E-state index is -3.75. The van der Waals surface area contributed by atoms with Crippen LogP contribution in [0.4, 0.5) is 0 Å². The van der Waals surface area contributed by atoms with Crippen LogP contribution in [-0.2, 0) is 26.1 Å². The topological polar surface area (TPSA) is 96.0 Å². The zero-order valence-electron chi connectivity index (χ0n) is 19.1. The Morgan fingerprint density at radius 3 is 2.39 bits per heavy atom. The maximum Gasteiger partial charge on any atom is 0.338 e. The summed E-state index contributed by atoms with van der Waals surface area (Å²) in [6.07, 6.45) is -0.200. The van der Waals surface area contributed by atoms with E-state index in [-0.39, 0.29) is 16.4 Å². The van der Waals surface area contributed by atoms with Gasteiger partial charge in [-0.15, -0.1) is 0 Å². The van der Waals surface area contributed by atoms with E-state index in [9.17, 15) is 18.0 Å². The van der Waals surface area contributed by atoms with Crippen LogP contribution in [0.2, 0.25) is 0 Å². The molecule has 0 aromatic heterocycles. The van der Waals surface area contributed by atoms with Gasteiger partial charge in [0.1, 0.15) is 0 Å². The average molecular weight is 474 g/mol. The molecule has 1 heterocycles. The third-order valence-electron chi connectivity index (χ3n) is 5.49. The second-order valence-electron chi connectivity index (χ2n) is 8.03. The highest BCUT2D eigenvalue weighted by Gasteiger charge is 2.29. The monoisotopic (exact) mass is 473 g/mol. The van der Waals surface area contributed by atoms with Gasteiger partial charge in [0.15, 0.2) is 6.10 Å². The SMILES string of the molecule is CCCNC(=O)C(C)OC(=O)c1cccc(S(=O)(=O)N2CCN(Cc3ccccc3)CC2)c1. The quantitative estimate of drug-likeness (QED) is 0.562. The molecular weight excluding hydrogens is 442 g/mol. The summed E-state index contributed by atoms with van der Waals surface area (Å²) >= 11 is 0. The Balaban J connectivity index is 1.61. The fourth-order valence-corrected chi connectivity index (χ4v) is 5.04. The Kier molecular flexibility index (Phi) is 8.60. The molecule has 1 fully saturated rings. The van der Waals surface area contributed by atoms with E-state index in [1.54, 1.807) is 0 Å². The molecule has 1 aliphatic rings. The molecule has 2 aromatic rings. The molecule has 9 heteroatoms. The number of carbonyl (C=O) groups is 2. The molecule has 0 aliphatic carbocycles. The molecule has 1 saturated heterocycles. The lowest BCUT2D eigenvalue weighted by Gasteiger charge is -2.34. The van der Waals surface area contributed by atoms with Gasteiger partial charge in [0, 0.05) is 39.3 Å². The lowest BCUT2D eigenvalue weighted by molar-refractivity contribution is -0.129. The fraction of sp³-hybridized carbons (Fsp3) is 0.417. The third-order valence-corrected chi connectivity index (χ3v) is 7.38. The smallest absolute Gasteiger partial charge is 0.338 e. The lowest BCUT2D eigenvalue weighted by atomic mass is 10.2. The van der Waals surface area contributed by atoms with Crippen molar-refractivity contribution in [1.82, 2.24) is 14.5 Å². The maximum absolute atomic E-state index is 13.2. The van der Waals surface area contributed by atoms with Crippen molar-refractivity contribution in [3.8, 4) is 0 Å². The number of amides is 1. The summed E-state index contributed by atoms with van der Waals surface area (Å²) in [7, 11) is -3.75. The summed E-state index contributed by atoms with van der Waals surface area (Å²) < 4.78 is 33.0. The van der Waals surface area contributed by atoms with Crippen molar-refractivity contribution >= 4 is 21.9 Å². The Morgan fingerprint density at radius 2 is 1.73 bits per heavy atom. The first-order valence-electron chi connectivity index (χ1n) is 11.2. The van der Waals surface area contributed by atoms with Gasteiger partial charge in [-0.25, -0.2) is 13.2 Å². The van der Waals surface area contributed by atoms with Crippen LogP contribution in [0, 0.1) is 0 Å². The Labute approximate surface area is 195 Å². The van der Waals surface area contributed by atoms with Crippen LogP contribution in [-0.4, -0.2) is 68.3 Å². The van der Waals surface area contributed by atoms with E-state index in [2.05, 4.69) is 22.3 Å². The van der Waals surface area contributed by atoms with Crippen LogP contribution in [0.3, 0.4) is 0 Å². The van der Waals surface area contributed by atoms with E-state index in [1.807, 2.05) is 25.1 Å². The molecule has 178 valence electrons. The predicted octanol–water partition coefficient (Wildman–Crippen LogP) is 2.26. The lowest BCUT2D eigenvalue weighted by Crippen LogP contribution is -2.48. The van der Waals surface area contributed by atoms with E-state index in [4.69, 9.17) is 4.74 Å². The van der Waals surface area contributed by atoms with Crippen molar-refractivity contribution in [2.24, 2.45) is 0 Å². The van der Waals surface area contributed by atoms with Crippen molar-refractivity contribution < 1.29 is 22.7 Å². The standard InChI is InChI=1S/C24H31N3O5S/c1-3-12-25-23(28)19(2)32-24(29)21-10-7-11-22(17-21)33(30,31)27-15-13-26(14-16-27)18-20-8-5-4-6-9-20/h4-11,17,19H,3,12-16,18H2,1-2H3,(H,25,28). The van der Waals surface area contributed by atoms with E-state index in [1.165, 1.54) is 41.1 Å². The van der Waals surface area contributed by atoms with Gasteiger partial charge in [-0.3, -0.25) is 9.69 Å². The number of sulfonamides is 1. The van der Waals surface area contributed by atoms with Gasteiger partial charge in [0.2, 0.25) is 10.0 Å². The molecule has 1 unspecified atom stereocenters.